The van der Waals surface area contributed by atoms with E-state index in [9.17, 15) is 19.8 Å². The van der Waals surface area contributed by atoms with Crippen LogP contribution in [0.3, 0.4) is 0 Å². The van der Waals surface area contributed by atoms with Crippen LogP contribution in [0.15, 0.2) is 170 Å². The second-order valence-corrected chi connectivity index (χ2v) is 14.7. The van der Waals surface area contributed by atoms with Gasteiger partial charge in [0.1, 0.15) is 6.42 Å². The van der Waals surface area contributed by atoms with Gasteiger partial charge in [-0.15, -0.1) is 0 Å². The highest BCUT2D eigenvalue weighted by Gasteiger charge is 2.42. The number of benzene rings is 6. The summed E-state index contributed by atoms with van der Waals surface area (Å²) in [7, 11) is 0. The molecule has 0 spiro atoms. The molecule has 0 heterocycles. The molecule has 0 radical (unpaired) electrons. The molecule has 0 bridgehead atoms. The lowest BCUT2D eigenvalue weighted by Crippen LogP contribution is -2.52. The van der Waals surface area contributed by atoms with Crippen LogP contribution >= 0.6 is 0 Å². The SMILES string of the molecule is Cc1ccccc1[C@@H](NC(=O)CC(=O)N[C@H](c1ccccc1C)C(O)(Cc1ccccc1)Cc1ccccc1)C(O)(Cc1ccccc1)Cc1ccccc1. The molecule has 0 saturated carbocycles. The molecular formula is C49H50N2O4. The Balaban J connectivity index is 1.32. The third-order valence-corrected chi connectivity index (χ3v) is 10.4. The van der Waals surface area contributed by atoms with E-state index in [1.165, 1.54) is 0 Å². The zero-order chi connectivity index (χ0) is 38.7. The van der Waals surface area contributed by atoms with Gasteiger partial charge in [-0.05, 0) is 58.4 Å². The van der Waals surface area contributed by atoms with E-state index in [0.717, 1.165) is 44.5 Å². The molecule has 6 nitrogen and oxygen atoms in total. The summed E-state index contributed by atoms with van der Waals surface area (Å²) in [6.45, 7) is 3.92. The molecule has 0 saturated heterocycles. The van der Waals surface area contributed by atoms with Crippen LogP contribution in [0, 0.1) is 13.8 Å². The monoisotopic (exact) mass is 730 g/mol. The highest BCUT2D eigenvalue weighted by atomic mass is 16.3. The topological polar surface area (TPSA) is 98.7 Å². The number of hydrogen-bond donors (Lipinski definition) is 4. The summed E-state index contributed by atoms with van der Waals surface area (Å²) in [5.74, 6) is -1.08. The van der Waals surface area contributed by atoms with Crippen LogP contribution in [-0.2, 0) is 35.3 Å². The van der Waals surface area contributed by atoms with Gasteiger partial charge in [-0.2, -0.15) is 0 Å². The zero-order valence-corrected chi connectivity index (χ0v) is 31.6. The first kappa shape index (κ1) is 38.9. The zero-order valence-electron chi connectivity index (χ0n) is 31.6. The van der Waals surface area contributed by atoms with Crippen molar-refractivity contribution in [2.75, 3.05) is 0 Å². The smallest absolute Gasteiger partial charge is 0.230 e. The Kier molecular flexibility index (Phi) is 12.7. The van der Waals surface area contributed by atoms with Crippen LogP contribution in [0.2, 0.25) is 0 Å². The average Bonchev–Trinajstić information content (AvgIpc) is 3.18. The first-order valence-electron chi connectivity index (χ1n) is 18.9. The lowest BCUT2D eigenvalue weighted by Gasteiger charge is -2.39. The summed E-state index contributed by atoms with van der Waals surface area (Å²) in [5, 5.41) is 31.8. The minimum atomic E-state index is -1.46. The van der Waals surface area contributed by atoms with Crippen molar-refractivity contribution in [3.63, 3.8) is 0 Å². The molecule has 2 amide bonds. The van der Waals surface area contributed by atoms with Crippen molar-refractivity contribution in [3.8, 4) is 0 Å². The molecule has 0 aliphatic rings. The van der Waals surface area contributed by atoms with Gasteiger partial charge >= 0.3 is 0 Å². The molecule has 6 rings (SSSR count). The maximum Gasteiger partial charge on any atom is 0.230 e. The predicted molar refractivity (Wildman–Crippen MR) is 219 cm³/mol. The number of carbonyl (C=O) groups excluding carboxylic acids is 2. The van der Waals surface area contributed by atoms with Crippen molar-refractivity contribution in [2.45, 2.75) is 69.2 Å². The van der Waals surface area contributed by atoms with Crippen LogP contribution < -0.4 is 10.6 Å². The number of nitrogens with one attached hydrogen (secondary N) is 2. The summed E-state index contributed by atoms with van der Waals surface area (Å²) in [5.41, 5.74) is 4.10. The lowest BCUT2D eigenvalue weighted by molar-refractivity contribution is -0.133. The Morgan fingerprint density at radius 2 is 0.691 bits per heavy atom. The number of aliphatic hydroxyl groups is 2. The number of amides is 2. The summed E-state index contributed by atoms with van der Waals surface area (Å²) >= 11 is 0. The van der Waals surface area contributed by atoms with Crippen molar-refractivity contribution >= 4 is 11.8 Å². The fraction of sp³-hybridized carbons (Fsp3) is 0.224. The van der Waals surface area contributed by atoms with Crippen LogP contribution in [0.5, 0.6) is 0 Å². The second-order valence-electron chi connectivity index (χ2n) is 14.7. The van der Waals surface area contributed by atoms with Crippen LogP contribution in [0.1, 0.15) is 63.0 Å². The van der Waals surface area contributed by atoms with E-state index < -0.39 is 41.5 Å². The molecule has 0 aliphatic heterocycles. The van der Waals surface area contributed by atoms with Crippen molar-refractivity contribution in [2.24, 2.45) is 0 Å². The molecule has 4 N–H and O–H groups in total. The fourth-order valence-electron chi connectivity index (χ4n) is 7.72. The summed E-state index contributed by atoms with van der Waals surface area (Å²) in [6, 6.07) is 52.7. The van der Waals surface area contributed by atoms with Crippen molar-refractivity contribution < 1.29 is 19.8 Å². The fourth-order valence-corrected chi connectivity index (χ4v) is 7.72. The number of rotatable bonds is 16. The number of aryl methyl sites for hydroxylation is 2. The summed E-state index contributed by atoms with van der Waals surface area (Å²) < 4.78 is 0. The number of carbonyl (C=O) groups is 2. The van der Waals surface area contributed by atoms with E-state index >= 15 is 0 Å². The number of hydrogen-bond acceptors (Lipinski definition) is 4. The largest absolute Gasteiger partial charge is 0.387 e. The molecule has 280 valence electrons. The molecule has 0 fully saturated rings. The summed E-state index contributed by atoms with van der Waals surface area (Å²) in [4.78, 5) is 28.3. The van der Waals surface area contributed by atoms with Gasteiger partial charge in [0.05, 0.1) is 23.3 Å². The second kappa shape index (κ2) is 18.0. The molecular weight excluding hydrogens is 681 g/mol. The van der Waals surface area contributed by atoms with Gasteiger partial charge in [0, 0.05) is 25.7 Å². The van der Waals surface area contributed by atoms with Gasteiger partial charge in [-0.25, -0.2) is 0 Å². The van der Waals surface area contributed by atoms with Gasteiger partial charge in [0.15, 0.2) is 0 Å². The maximum atomic E-state index is 14.2. The Morgan fingerprint density at radius 1 is 0.436 bits per heavy atom. The highest BCUT2D eigenvalue weighted by molar-refractivity contribution is 5.97. The lowest BCUT2D eigenvalue weighted by atomic mass is 9.77. The molecule has 2 atom stereocenters. The Hall–Kier alpha value is -5.82. The minimum Gasteiger partial charge on any atom is -0.387 e. The first-order valence-corrected chi connectivity index (χ1v) is 18.9. The van der Waals surface area contributed by atoms with Crippen molar-refractivity contribution in [1.29, 1.82) is 0 Å². The predicted octanol–water partition coefficient (Wildman–Crippen LogP) is 8.14. The molecule has 55 heavy (non-hydrogen) atoms. The molecule has 6 heteroatoms. The van der Waals surface area contributed by atoms with Gasteiger partial charge in [-0.1, -0.05) is 170 Å². The quantitative estimate of drug-likeness (QED) is 0.0756. The van der Waals surface area contributed by atoms with E-state index in [0.29, 0.717) is 0 Å². The molecule has 0 unspecified atom stereocenters. The van der Waals surface area contributed by atoms with E-state index in [2.05, 4.69) is 10.6 Å². The van der Waals surface area contributed by atoms with Crippen molar-refractivity contribution in [1.82, 2.24) is 10.6 Å². The average molecular weight is 731 g/mol. The normalized spacial score (nSPS) is 12.7. The van der Waals surface area contributed by atoms with E-state index in [1.54, 1.807) is 0 Å². The Morgan fingerprint density at radius 3 is 0.964 bits per heavy atom. The third kappa shape index (κ3) is 10.2. The Labute approximate surface area is 324 Å². The van der Waals surface area contributed by atoms with E-state index in [4.69, 9.17) is 0 Å². The molecule has 6 aromatic carbocycles. The highest BCUT2D eigenvalue weighted by Crippen LogP contribution is 2.36. The van der Waals surface area contributed by atoms with Gasteiger partial charge in [-0.3, -0.25) is 9.59 Å². The first-order chi connectivity index (χ1) is 26.6. The van der Waals surface area contributed by atoms with Gasteiger partial charge in [0.25, 0.3) is 0 Å². The van der Waals surface area contributed by atoms with Crippen LogP contribution in [0.4, 0.5) is 0 Å². The van der Waals surface area contributed by atoms with Gasteiger partial charge < -0.3 is 20.8 Å². The van der Waals surface area contributed by atoms with Gasteiger partial charge in [0.2, 0.25) is 11.8 Å². The molecule has 0 aromatic heterocycles. The standard InChI is InChI=1S/C49H50N2O4/c1-36-19-15-17-29-42(36)46(48(54,32-38-21-7-3-8-22-38)33-39-23-9-4-10-24-39)50-44(52)31-45(53)51-47(43-30-18-16-20-37(43)2)49(55,34-40-25-11-5-12-26-40)35-41-27-13-6-14-28-41/h3-30,46-47,54-55H,31-35H2,1-2H3,(H,50,52)(H,51,53)/t46-,47-/m1/s1. The van der Waals surface area contributed by atoms with Crippen LogP contribution in [0.25, 0.3) is 0 Å². The Bertz CT molecular complexity index is 1900. The van der Waals surface area contributed by atoms with E-state index in [1.807, 2.05) is 184 Å². The third-order valence-electron chi connectivity index (χ3n) is 10.4. The minimum absolute atomic E-state index is 0.259. The van der Waals surface area contributed by atoms with Crippen LogP contribution in [-0.4, -0.2) is 33.2 Å². The molecule has 6 aromatic rings. The summed E-state index contributed by atoms with van der Waals surface area (Å²) in [6.07, 6.45) is 0.528. The van der Waals surface area contributed by atoms with E-state index in [-0.39, 0.29) is 25.7 Å². The molecule has 0 aliphatic carbocycles. The van der Waals surface area contributed by atoms with Crippen molar-refractivity contribution in [3.05, 3.63) is 214 Å². The maximum absolute atomic E-state index is 14.2.